The van der Waals surface area contributed by atoms with E-state index in [-0.39, 0.29) is 0 Å². The zero-order valence-electron chi connectivity index (χ0n) is 40.5. The highest BCUT2D eigenvalue weighted by Gasteiger charge is 2.63. The lowest BCUT2D eigenvalue weighted by Crippen LogP contribution is -2.55. The first-order chi connectivity index (χ1) is 30.6. The lowest BCUT2D eigenvalue weighted by molar-refractivity contribution is 0.600. The van der Waals surface area contributed by atoms with E-state index in [0.717, 1.165) is 26.2 Å². The van der Waals surface area contributed by atoms with Gasteiger partial charge in [0, 0.05) is 0 Å². The predicted molar refractivity (Wildman–Crippen MR) is 280 cm³/mol. The molecule has 0 saturated heterocycles. The molecule has 0 heterocycles. The van der Waals surface area contributed by atoms with Gasteiger partial charge < -0.3 is 0 Å². The molecule has 0 fully saturated rings. The number of nitrogens with zero attached hydrogens (tertiary/aromatic N) is 4. The second kappa shape index (κ2) is 31.4. The molecule has 4 aromatic rings. The minimum absolute atomic E-state index is 1.02. The fourth-order valence-electron chi connectivity index (χ4n) is 9.14. The van der Waals surface area contributed by atoms with Gasteiger partial charge >= 0.3 is 7.87 Å². The Labute approximate surface area is 383 Å². The highest BCUT2D eigenvalue weighted by molar-refractivity contribution is 7.81. The Kier molecular flexibility index (Phi) is 25.9. The summed E-state index contributed by atoms with van der Waals surface area (Å²) in [5, 5.41) is 0. The van der Waals surface area contributed by atoms with Crippen molar-refractivity contribution < 1.29 is 0 Å². The number of benzene rings is 4. The Bertz CT molecular complexity index is 1490. The van der Waals surface area contributed by atoms with Crippen LogP contribution >= 0.6 is 7.87 Å². The summed E-state index contributed by atoms with van der Waals surface area (Å²) in [6.07, 6.45) is 30.8. The van der Waals surface area contributed by atoms with E-state index >= 15 is 0 Å². The zero-order chi connectivity index (χ0) is 43.9. The van der Waals surface area contributed by atoms with Crippen LogP contribution in [-0.4, -0.2) is 26.2 Å². The molecule has 0 saturated carbocycles. The van der Waals surface area contributed by atoms with Gasteiger partial charge in [0.1, 0.15) is 0 Å². The van der Waals surface area contributed by atoms with Crippen LogP contribution < -0.4 is 18.7 Å². The van der Waals surface area contributed by atoms with Crippen LogP contribution in [0.1, 0.15) is 187 Å². The van der Waals surface area contributed by atoms with Crippen molar-refractivity contribution in [2.75, 3.05) is 44.9 Å². The summed E-state index contributed by atoms with van der Waals surface area (Å²) in [5.41, 5.74) is 6.73. The summed E-state index contributed by atoms with van der Waals surface area (Å²) in [6.45, 7) is 15.7. The lowest BCUT2D eigenvalue weighted by atomic mass is 10.1. The van der Waals surface area contributed by atoms with E-state index in [0.29, 0.717) is 0 Å². The molecule has 0 unspecified atom stereocenters. The van der Waals surface area contributed by atoms with Gasteiger partial charge in [-0.25, -0.2) is 0 Å². The Morgan fingerprint density at radius 2 is 0.500 bits per heavy atom. The van der Waals surface area contributed by atoms with Crippen molar-refractivity contribution >= 4 is 30.6 Å². The number of rotatable bonds is 36. The van der Waals surface area contributed by atoms with E-state index in [2.05, 4.69) is 169 Å². The second-order valence-electron chi connectivity index (χ2n) is 17.9. The molecule has 0 bridgehead atoms. The molecule has 0 atom stereocenters. The van der Waals surface area contributed by atoms with Crippen LogP contribution in [0.2, 0.25) is 0 Å². The van der Waals surface area contributed by atoms with Crippen LogP contribution in [0.4, 0.5) is 22.7 Å². The molecular weight excluding hydrogens is 772 g/mol. The van der Waals surface area contributed by atoms with E-state index in [9.17, 15) is 0 Å². The summed E-state index contributed by atoms with van der Waals surface area (Å²) in [7, 11) is -2.75. The van der Waals surface area contributed by atoms with Crippen LogP contribution in [0.5, 0.6) is 0 Å². The van der Waals surface area contributed by atoms with E-state index < -0.39 is 7.87 Å². The molecule has 4 nitrogen and oxygen atoms in total. The minimum atomic E-state index is -2.75. The van der Waals surface area contributed by atoms with Crippen molar-refractivity contribution in [3.8, 4) is 0 Å². The minimum Gasteiger partial charge on any atom is -0.190 e. The Morgan fingerprint density at radius 3 is 0.758 bits per heavy atom. The van der Waals surface area contributed by atoms with Gasteiger partial charge in [0.2, 0.25) is 0 Å². The van der Waals surface area contributed by atoms with Gasteiger partial charge in [-0.15, -0.1) is 0 Å². The Morgan fingerprint density at radius 1 is 0.274 bits per heavy atom. The van der Waals surface area contributed by atoms with Crippen LogP contribution in [-0.2, 0) is 0 Å². The fourth-order valence-corrected chi connectivity index (χ4v) is 14.1. The van der Waals surface area contributed by atoms with Gasteiger partial charge in [-0.1, -0.05) is 228 Å². The topological polar surface area (TPSA) is 13.0 Å². The summed E-state index contributed by atoms with van der Waals surface area (Å²) in [6, 6.07) is 44.7. The van der Waals surface area contributed by atoms with Crippen LogP contribution in [0.3, 0.4) is 0 Å². The van der Waals surface area contributed by atoms with E-state index in [1.165, 1.54) is 182 Å². The lowest BCUT2D eigenvalue weighted by Gasteiger charge is -2.53. The SMILES string of the molecule is CCCCCCCCN(c1ccccc1)[P+](N(CCCCCCCC)c1ccccc1)(N(CCCCCCCC)c1ccccc1)N(CCCCCCCC)c1ccc(C)cc1. The number of aryl methyl sites for hydroxylation is 1. The van der Waals surface area contributed by atoms with E-state index in [4.69, 9.17) is 0 Å². The molecule has 0 spiro atoms. The molecule has 4 aromatic carbocycles. The van der Waals surface area contributed by atoms with Crippen molar-refractivity contribution in [3.63, 3.8) is 0 Å². The maximum Gasteiger partial charge on any atom is 0.405 e. The first-order valence-corrected chi connectivity index (χ1v) is 27.4. The molecule has 0 aliphatic rings. The van der Waals surface area contributed by atoms with Crippen molar-refractivity contribution in [1.29, 1.82) is 0 Å². The molecular formula is C57H90N4P+. The van der Waals surface area contributed by atoms with Gasteiger partial charge in [-0.2, -0.15) is 18.7 Å². The van der Waals surface area contributed by atoms with Crippen molar-refractivity contribution in [3.05, 3.63) is 121 Å². The molecule has 0 amide bonds. The second-order valence-corrected chi connectivity index (χ2v) is 20.9. The molecule has 0 radical (unpaired) electrons. The van der Waals surface area contributed by atoms with Crippen LogP contribution in [0.15, 0.2) is 115 Å². The van der Waals surface area contributed by atoms with E-state index in [1.54, 1.807) is 0 Å². The number of hydrogen-bond acceptors (Lipinski definition) is 4. The normalized spacial score (nSPS) is 11.5. The van der Waals surface area contributed by atoms with Gasteiger partial charge in [0.05, 0.1) is 48.9 Å². The Hall–Kier alpha value is -3.49. The molecule has 0 aromatic heterocycles. The molecule has 342 valence electrons. The average Bonchev–Trinajstić information content (AvgIpc) is 3.31. The number of hydrogen-bond donors (Lipinski definition) is 0. The predicted octanol–water partition coefficient (Wildman–Crippen LogP) is 18.4. The highest BCUT2D eigenvalue weighted by Crippen LogP contribution is 2.73. The fraction of sp³-hybridized carbons (Fsp3) is 0.579. The smallest absolute Gasteiger partial charge is 0.190 e. The molecule has 62 heavy (non-hydrogen) atoms. The third-order valence-electron chi connectivity index (χ3n) is 12.7. The van der Waals surface area contributed by atoms with Crippen LogP contribution in [0, 0.1) is 6.92 Å². The van der Waals surface area contributed by atoms with Gasteiger partial charge in [0.15, 0.2) is 0 Å². The zero-order valence-corrected chi connectivity index (χ0v) is 41.4. The van der Waals surface area contributed by atoms with Gasteiger partial charge in [-0.3, -0.25) is 0 Å². The largest absolute Gasteiger partial charge is 0.405 e. The van der Waals surface area contributed by atoms with Crippen molar-refractivity contribution in [2.45, 2.75) is 189 Å². The summed E-state index contributed by atoms with van der Waals surface area (Å²) in [5.74, 6) is 0. The Balaban J connectivity index is 2.09. The molecule has 4 rings (SSSR count). The van der Waals surface area contributed by atoms with Crippen molar-refractivity contribution in [2.24, 2.45) is 0 Å². The van der Waals surface area contributed by atoms with Gasteiger partial charge in [-0.05, 0) is 81.1 Å². The molecule has 0 N–H and O–H groups in total. The number of anilines is 4. The van der Waals surface area contributed by atoms with Crippen molar-refractivity contribution in [1.82, 2.24) is 0 Å². The first kappa shape index (κ1) is 51.1. The maximum absolute atomic E-state index is 3.00. The number of para-hydroxylation sites is 3. The standard InChI is InChI=1S/C57H90N4P/c1-6-10-14-18-22-35-49-58(54-39-29-26-30-40-54)62(59(55-41-31-27-32-42-55)50-36-23-19-15-11-7-2,60(56-43-33-28-34-44-56)51-37-24-20-16-12-8-3)61(52-38-25-21-17-13-9-4)57-47-45-53(5)46-48-57/h26-34,39-48H,6-25,35-38,49-52H2,1-5H3/q+1. The third kappa shape index (κ3) is 16.6. The summed E-state index contributed by atoms with van der Waals surface area (Å²) in [4.78, 5) is 0. The molecule has 0 aliphatic heterocycles. The third-order valence-corrected chi connectivity index (χ3v) is 17.0. The monoisotopic (exact) mass is 862 g/mol. The number of unbranched alkanes of at least 4 members (excludes halogenated alkanes) is 20. The maximum atomic E-state index is 3.00. The molecule has 0 aliphatic carbocycles. The average molecular weight is 862 g/mol. The van der Waals surface area contributed by atoms with Crippen LogP contribution in [0.25, 0.3) is 0 Å². The van der Waals surface area contributed by atoms with E-state index in [1.807, 2.05) is 0 Å². The summed E-state index contributed by atoms with van der Waals surface area (Å²) < 4.78 is 12.0. The molecule has 5 heteroatoms. The highest BCUT2D eigenvalue weighted by atomic mass is 31.2. The first-order valence-electron chi connectivity index (χ1n) is 25.8. The quantitative estimate of drug-likeness (QED) is 0.0334. The summed E-state index contributed by atoms with van der Waals surface area (Å²) >= 11 is 0. The van der Waals surface area contributed by atoms with Gasteiger partial charge in [0.25, 0.3) is 0 Å².